The summed E-state index contributed by atoms with van der Waals surface area (Å²) in [5, 5.41) is 2.57. The van der Waals surface area contributed by atoms with Crippen molar-refractivity contribution in [2.45, 2.75) is 20.5 Å². The van der Waals surface area contributed by atoms with Crippen molar-refractivity contribution in [3.05, 3.63) is 70.8 Å². The van der Waals surface area contributed by atoms with Gasteiger partial charge in [-0.25, -0.2) is 0 Å². The Bertz CT molecular complexity index is 665. The summed E-state index contributed by atoms with van der Waals surface area (Å²) < 4.78 is 5.10. The largest absolute Gasteiger partial charge is 0.460 e. The molecule has 0 saturated carbocycles. The van der Waals surface area contributed by atoms with Crippen LogP contribution in [0.4, 0.5) is 0 Å². The van der Waals surface area contributed by atoms with E-state index in [9.17, 15) is 9.59 Å². The zero-order valence-corrected chi connectivity index (χ0v) is 12.8. The van der Waals surface area contributed by atoms with Gasteiger partial charge >= 0.3 is 5.97 Å². The maximum absolute atomic E-state index is 12.0. The van der Waals surface area contributed by atoms with Crippen molar-refractivity contribution in [3.8, 4) is 0 Å². The molecule has 22 heavy (non-hydrogen) atoms. The number of hydrogen-bond acceptors (Lipinski definition) is 3. The summed E-state index contributed by atoms with van der Waals surface area (Å²) in [5.74, 6) is -0.735. The zero-order valence-electron chi connectivity index (χ0n) is 12.8. The zero-order chi connectivity index (χ0) is 15.9. The summed E-state index contributed by atoms with van der Waals surface area (Å²) in [6, 6.07) is 14.8. The Balaban J connectivity index is 1.80. The molecule has 4 heteroatoms. The van der Waals surface area contributed by atoms with E-state index in [1.807, 2.05) is 50.2 Å². The van der Waals surface area contributed by atoms with Crippen LogP contribution in [0.25, 0.3) is 0 Å². The van der Waals surface area contributed by atoms with Crippen LogP contribution in [0, 0.1) is 13.8 Å². The highest BCUT2D eigenvalue weighted by molar-refractivity contribution is 5.96. The topological polar surface area (TPSA) is 55.4 Å². The van der Waals surface area contributed by atoms with Crippen LogP contribution in [0.1, 0.15) is 27.0 Å². The lowest BCUT2D eigenvalue weighted by Crippen LogP contribution is -2.30. The van der Waals surface area contributed by atoms with Gasteiger partial charge in [0.2, 0.25) is 0 Å². The first-order valence-electron chi connectivity index (χ1n) is 7.11. The van der Waals surface area contributed by atoms with E-state index in [0.29, 0.717) is 5.56 Å². The highest BCUT2D eigenvalue weighted by atomic mass is 16.5. The van der Waals surface area contributed by atoms with Crippen LogP contribution in [-0.2, 0) is 16.1 Å². The Morgan fingerprint density at radius 1 is 1.00 bits per heavy atom. The fourth-order valence-electron chi connectivity index (χ4n) is 1.93. The van der Waals surface area contributed by atoms with Crippen molar-refractivity contribution < 1.29 is 14.3 Å². The molecule has 2 aromatic carbocycles. The minimum Gasteiger partial charge on any atom is -0.460 e. The monoisotopic (exact) mass is 297 g/mol. The van der Waals surface area contributed by atoms with Crippen LogP contribution >= 0.6 is 0 Å². The summed E-state index contributed by atoms with van der Waals surface area (Å²) in [5.41, 5.74) is 3.62. The molecule has 2 aromatic rings. The summed E-state index contributed by atoms with van der Waals surface area (Å²) in [7, 11) is 0. The van der Waals surface area contributed by atoms with E-state index in [4.69, 9.17) is 4.74 Å². The highest BCUT2D eigenvalue weighted by Crippen LogP contribution is 2.09. The van der Waals surface area contributed by atoms with Crippen LogP contribution in [0.15, 0.2) is 48.5 Å². The van der Waals surface area contributed by atoms with Gasteiger partial charge in [-0.05, 0) is 42.7 Å². The summed E-state index contributed by atoms with van der Waals surface area (Å²) in [4.78, 5) is 23.6. The van der Waals surface area contributed by atoms with E-state index < -0.39 is 5.97 Å². The van der Waals surface area contributed by atoms with Crippen LogP contribution in [0.5, 0.6) is 0 Å². The first-order chi connectivity index (χ1) is 10.6. The predicted molar refractivity (Wildman–Crippen MR) is 84.5 cm³/mol. The molecule has 0 saturated heterocycles. The molecule has 0 unspecified atom stereocenters. The van der Waals surface area contributed by atoms with E-state index in [1.165, 1.54) is 0 Å². The number of ether oxygens (including phenoxy) is 1. The lowest BCUT2D eigenvalue weighted by Gasteiger charge is -2.08. The lowest BCUT2D eigenvalue weighted by atomic mass is 10.1. The van der Waals surface area contributed by atoms with Crippen LogP contribution in [0.2, 0.25) is 0 Å². The minimum atomic E-state index is -0.457. The van der Waals surface area contributed by atoms with Crippen molar-refractivity contribution >= 4 is 11.9 Å². The summed E-state index contributed by atoms with van der Waals surface area (Å²) in [6.07, 6.45) is 0. The molecular formula is C18H19NO3. The number of carbonyl (C=O) groups excluding carboxylic acids is 2. The van der Waals surface area contributed by atoms with Crippen molar-refractivity contribution in [1.29, 1.82) is 0 Å². The van der Waals surface area contributed by atoms with Crippen molar-refractivity contribution in [3.63, 3.8) is 0 Å². The molecule has 114 valence electrons. The number of rotatable bonds is 5. The quantitative estimate of drug-likeness (QED) is 0.863. The SMILES string of the molecule is Cc1ccc(C(=O)NCC(=O)OCc2ccccc2)cc1C. The first-order valence-corrected chi connectivity index (χ1v) is 7.11. The average Bonchev–Trinajstić information content (AvgIpc) is 2.54. The molecule has 0 radical (unpaired) electrons. The third-order valence-corrected chi connectivity index (χ3v) is 3.41. The molecule has 4 nitrogen and oxygen atoms in total. The average molecular weight is 297 g/mol. The van der Waals surface area contributed by atoms with Gasteiger partial charge in [0.25, 0.3) is 5.91 Å². The Hall–Kier alpha value is -2.62. The van der Waals surface area contributed by atoms with Gasteiger partial charge in [0.1, 0.15) is 13.2 Å². The fraction of sp³-hybridized carbons (Fsp3) is 0.222. The summed E-state index contributed by atoms with van der Waals surface area (Å²) in [6.45, 7) is 4.00. The molecule has 0 aromatic heterocycles. The molecular weight excluding hydrogens is 278 g/mol. The number of hydrogen-bond donors (Lipinski definition) is 1. The van der Waals surface area contributed by atoms with E-state index in [1.54, 1.807) is 12.1 Å². The third kappa shape index (κ3) is 4.45. The maximum atomic E-state index is 12.0. The second-order valence-electron chi connectivity index (χ2n) is 5.13. The standard InChI is InChI=1S/C18H19NO3/c1-13-8-9-16(10-14(13)2)18(21)19-11-17(20)22-12-15-6-4-3-5-7-15/h3-10H,11-12H2,1-2H3,(H,19,21). The predicted octanol–water partition coefficient (Wildman–Crippen LogP) is 2.78. The first kappa shape index (κ1) is 15.8. The van der Waals surface area contributed by atoms with E-state index in [2.05, 4.69) is 5.32 Å². The molecule has 0 atom stereocenters. The van der Waals surface area contributed by atoms with E-state index >= 15 is 0 Å². The molecule has 0 aliphatic rings. The Labute approximate surface area is 130 Å². The molecule has 0 bridgehead atoms. The van der Waals surface area contributed by atoms with Crippen LogP contribution in [0.3, 0.4) is 0 Å². The number of nitrogens with one attached hydrogen (secondary N) is 1. The highest BCUT2D eigenvalue weighted by Gasteiger charge is 2.09. The third-order valence-electron chi connectivity index (χ3n) is 3.41. The number of esters is 1. The molecule has 1 amide bonds. The second-order valence-corrected chi connectivity index (χ2v) is 5.13. The van der Waals surface area contributed by atoms with Gasteiger partial charge in [-0.1, -0.05) is 36.4 Å². The summed E-state index contributed by atoms with van der Waals surface area (Å²) >= 11 is 0. The maximum Gasteiger partial charge on any atom is 0.325 e. The van der Waals surface area contributed by atoms with Gasteiger partial charge in [0.05, 0.1) is 0 Å². The van der Waals surface area contributed by atoms with Crippen molar-refractivity contribution in [2.24, 2.45) is 0 Å². The molecule has 0 aliphatic heterocycles. The van der Waals surface area contributed by atoms with Gasteiger partial charge in [0.15, 0.2) is 0 Å². The van der Waals surface area contributed by atoms with Crippen LogP contribution in [-0.4, -0.2) is 18.4 Å². The molecule has 0 spiro atoms. The normalized spacial score (nSPS) is 10.1. The number of amides is 1. The molecule has 1 N–H and O–H groups in total. The van der Waals surface area contributed by atoms with E-state index in [0.717, 1.165) is 16.7 Å². The van der Waals surface area contributed by atoms with Gasteiger partial charge in [-0.15, -0.1) is 0 Å². The molecule has 0 aliphatic carbocycles. The van der Waals surface area contributed by atoms with Gasteiger partial charge in [0, 0.05) is 5.56 Å². The smallest absolute Gasteiger partial charge is 0.325 e. The van der Waals surface area contributed by atoms with Gasteiger partial charge < -0.3 is 10.1 Å². The molecule has 0 heterocycles. The van der Waals surface area contributed by atoms with Crippen molar-refractivity contribution in [2.75, 3.05) is 6.54 Å². The Kier molecular flexibility index (Phi) is 5.31. The van der Waals surface area contributed by atoms with Gasteiger partial charge in [-0.3, -0.25) is 9.59 Å². The van der Waals surface area contributed by atoms with Crippen molar-refractivity contribution in [1.82, 2.24) is 5.32 Å². The van der Waals surface area contributed by atoms with E-state index in [-0.39, 0.29) is 19.1 Å². The van der Waals surface area contributed by atoms with Crippen LogP contribution < -0.4 is 5.32 Å². The Morgan fingerprint density at radius 3 is 2.41 bits per heavy atom. The van der Waals surface area contributed by atoms with Gasteiger partial charge in [-0.2, -0.15) is 0 Å². The molecule has 2 rings (SSSR count). The molecule has 0 fully saturated rings. The lowest BCUT2D eigenvalue weighted by molar-refractivity contribution is -0.143. The number of carbonyl (C=O) groups is 2. The minimum absolute atomic E-state index is 0.140. The fourth-order valence-corrected chi connectivity index (χ4v) is 1.93. The Morgan fingerprint density at radius 2 is 1.73 bits per heavy atom. The number of benzene rings is 2. The number of aryl methyl sites for hydroxylation is 2. The second kappa shape index (κ2) is 7.41.